The van der Waals surface area contributed by atoms with Gasteiger partial charge in [0.1, 0.15) is 6.04 Å². The molecule has 3 aliphatic rings. The fraction of sp³-hybridized carbons (Fsp3) is 0.333. The Labute approximate surface area is 202 Å². The maximum absolute atomic E-state index is 13.3. The second-order valence-electron chi connectivity index (χ2n) is 9.65. The van der Waals surface area contributed by atoms with Gasteiger partial charge in [-0.1, -0.05) is 19.9 Å². The third kappa shape index (κ3) is 3.95. The summed E-state index contributed by atoms with van der Waals surface area (Å²) < 4.78 is 29.2. The molecule has 3 N–H and O–H groups in total. The van der Waals surface area contributed by atoms with Crippen LogP contribution in [0.2, 0.25) is 0 Å². The molecule has 3 aliphatic heterocycles. The van der Waals surface area contributed by atoms with E-state index < -0.39 is 27.4 Å². The van der Waals surface area contributed by atoms with Crippen molar-refractivity contribution in [2.75, 3.05) is 10.0 Å². The van der Waals surface area contributed by atoms with Crippen LogP contribution in [-0.2, 0) is 36.4 Å². The zero-order chi connectivity index (χ0) is 25.1. The number of piperidine rings is 1. The average molecular weight is 497 g/mol. The van der Waals surface area contributed by atoms with Gasteiger partial charge in [-0.15, -0.1) is 0 Å². The molecule has 0 saturated carbocycles. The minimum Gasteiger partial charge on any atom is -0.326 e. The molecule has 182 valence electrons. The minimum absolute atomic E-state index is 0.0319. The molecule has 1 atom stereocenters. The van der Waals surface area contributed by atoms with Crippen LogP contribution in [-0.4, -0.2) is 43.0 Å². The van der Waals surface area contributed by atoms with Gasteiger partial charge in [0.2, 0.25) is 17.7 Å². The molecular weight excluding hydrogens is 472 g/mol. The zero-order valence-corrected chi connectivity index (χ0v) is 20.0. The fourth-order valence-corrected chi connectivity index (χ4v) is 6.05. The van der Waals surface area contributed by atoms with Crippen molar-refractivity contribution in [3.05, 3.63) is 53.1 Å². The fourth-order valence-electron chi connectivity index (χ4n) is 4.94. The molecule has 1 fully saturated rings. The van der Waals surface area contributed by atoms with Crippen molar-refractivity contribution in [2.24, 2.45) is 0 Å². The average Bonchev–Trinajstić information content (AvgIpc) is 3.10. The number of hydrogen-bond donors (Lipinski definition) is 3. The lowest BCUT2D eigenvalue weighted by Crippen LogP contribution is -2.52. The maximum Gasteiger partial charge on any atom is 0.261 e. The van der Waals surface area contributed by atoms with Crippen LogP contribution in [0.1, 0.15) is 54.6 Å². The molecule has 0 radical (unpaired) electrons. The molecule has 4 amide bonds. The SMILES string of the molecule is CC1(C)CC(=O)Nc2ccc(S(=O)(=O)Nc3cccc4c3CN(C3CCC(=O)NC3=O)C4=O)cc21. The quantitative estimate of drug-likeness (QED) is 0.552. The topological polar surface area (TPSA) is 142 Å². The van der Waals surface area contributed by atoms with Crippen LogP contribution < -0.4 is 15.4 Å². The first-order chi connectivity index (χ1) is 16.5. The molecule has 1 unspecified atom stereocenters. The number of hydrogen-bond acceptors (Lipinski definition) is 6. The normalized spacial score (nSPS) is 21.2. The Balaban J connectivity index is 1.44. The van der Waals surface area contributed by atoms with E-state index in [1.54, 1.807) is 30.3 Å². The smallest absolute Gasteiger partial charge is 0.261 e. The van der Waals surface area contributed by atoms with Crippen molar-refractivity contribution >= 4 is 45.0 Å². The second-order valence-corrected chi connectivity index (χ2v) is 11.3. The maximum atomic E-state index is 13.3. The van der Waals surface area contributed by atoms with Crippen LogP contribution >= 0.6 is 0 Å². The Kier molecular flexibility index (Phi) is 5.20. The Morgan fingerprint density at radius 2 is 1.80 bits per heavy atom. The molecule has 10 nitrogen and oxygen atoms in total. The molecule has 0 spiro atoms. The molecule has 5 rings (SSSR count). The molecule has 35 heavy (non-hydrogen) atoms. The van der Waals surface area contributed by atoms with Crippen LogP contribution in [0, 0.1) is 0 Å². The number of imide groups is 1. The Morgan fingerprint density at radius 1 is 1.03 bits per heavy atom. The third-order valence-electron chi connectivity index (χ3n) is 6.73. The number of anilines is 2. The molecule has 11 heteroatoms. The molecular formula is C24H24N4O6S. The van der Waals surface area contributed by atoms with Gasteiger partial charge in [-0.3, -0.25) is 29.2 Å². The third-order valence-corrected chi connectivity index (χ3v) is 8.10. The van der Waals surface area contributed by atoms with Crippen molar-refractivity contribution in [2.45, 2.75) is 56.0 Å². The first kappa shape index (κ1) is 23.0. The largest absolute Gasteiger partial charge is 0.326 e. The van der Waals surface area contributed by atoms with Crippen molar-refractivity contribution in [1.82, 2.24) is 10.2 Å². The van der Waals surface area contributed by atoms with Gasteiger partial charge >= 0.3 is 0 Å². The standard InChI is InChI=1S/C24H24N4O6S/c1-24(2)11-21(30)25-18-7-6-13(10-16(18)24)35(33,34)27-17-5-3-4-14-15(17)12-28(23(14)32)19-8-9-20(29)26-22(19)31/h3-7,10,19,27H,8-9,11-12H2,1-2H3,(H,25,30)(H,26,29,31). The number of fused-ring (bicyclic) bond motifs is 2. The number of nitrogens with one attached hydrogen (secondary N) is 3. The first-order valence-corrected chi connectivity index (χ1v) is 12.7. The monoisotopic (exact) mass is 496 g/mol. The highest BCUT2D eigenvalue weighted by Gasteiger charge is 2.40. The minimum atomic E-state index is -4.03. The lowest BCUT2D eigenvalue weighted by atomic mass is 9.78. The molecule has 0 aromatic heterocycles. The van der Waals surface area contributed by atoms with Crippen LogP contribution in [0.5, 0.6) is 0 Å². The summed E-state index contributed by atoms with van der Waals surface area (Å²) in [5.41, 5.74) is 1.79. The molecule has 2 aromatic rings. The van der Waals surface area contributed by atoms with Crippen molar-refractivity contribution < 1.29 is 27.6 Å². The molecule has 3 heterocycles. The van der Waals surface area contributed by atoms with Gasteiger partial charge in [0.15, 0.2) is 0 Å². The van der Waals surface area contributed by atoms with Gasteiger partial charge in [-0.25, -0.2) is 8.42 Å². The summed E-state index contributed by atoms with van der Waals surface area (Å²) in [4.78, 5) is 50.2. The number of nitrogens with zero attached hydrogens (tertiary/aromatic N) is 1. The molecule has 0 bridgehead atoms. The van der Waals surface area contributed by atoms with E-state index in [4.69, 9.17) is 0 Å². The van der Waals surface area contributed by atoms with E-state index in [-0.39, 0.29) is 54.1 Å². The summed E-state index contributed by atoms with van der Waals surface area (Å²) >= 11 is 0. The number of sulfonamides is 1. The number of rotatable bonds is 4. The van der Waals surface area contributed by atoms with Crippen molar-refractivity contribution in [3.8, 4) is 0 Å². The van der Waals surface area contributed by atoms with Crippen molar-refractivity contribution in [3.63, 3.8) is 0 Å². The van der Waals surface area contributed by atoms with E-state index in [2.05, 4.69) is 15.4 Å². The Hall–Kier alpha value is -3.73. The van der Waals surface area contributed by atoms with E-state index >= 15 is 0 Å². The summed E-state index contributed by atoms with van der Waals surface area (Å²) in [7, 11) is -4.03. The molecule has 1 saturated heterocycles. The summed E-state index contributed by atoms with van der Waals surface area (Å²) in [6.45, 7) is 3.81. The van der Waals surface area contributed by atoms with Gasteiger partial charge in [0.25, 0.3) is 15.9 Å². The van der Waals surface area contributed by atoms with Gasteiger partial charge in [0.05, 0.1) is 10.6 Å². The van der Waals surface area contributed by atoms with Crippen LogP contribution in [0.15, 0.2) is 41.3 Å². The van der Waals surface area contributed by atoms with Gasteiger partial charge < -0.3 is 10.2 Å². The number of carbonyl (C=O) groups is 4. The van der Waals surface area contributed by atoms with Gasteiger partial charge in [-0.2, -0.15) is 0 Å². The molecule has 2 aromatic carbocycles. The van der Waals surface area contributed by atoms with E-state index in [1.807, 2.05) is 13.8 Å². The highest BCUT2D eigenvalue weighted by atomic mass is 32.2. The van der Waals surface area contributed by atoms with Gasteiger partial charge in [0, 0.05) is 41.6 Å². The van der Waals surface area contributed by atoms with E-state index in [0.717, 1.165) is 5.56 Å². The van der Waals surface area contributed by atoms with E-state index in [1.165, 1.54) is 11.0 Å². The second kappa shape index (κ2) is 7.91. The highest BCUT2D eigenvalue weighted by molar-refractivity contribution is 7.92. The van der Waals surface area contributed by atoms with E-state index in [9.17, 15) is 27.6 Å². The summed E-state index contributed by atoms with van der Waals surface area (Å²) in [5, 5.41) is 5.03. The lowest BCUT2D eigenvalue weighted by Gasteiger charge is -2.32. The predicted octanol–water partition coefficient (Wildman–Crippen LogP) is 1.87. The van der Waals surface area contributed by atoms with Crippen LogP contribution in [0.25, 0.3) is 0 Å². The van der Waals surface area contributed by atoms with Crippen LogP contribution in [0.4, 0.5) is 11.4 Å². The first-order valence-electron chi connectivity index (χ1n) is 11.2. The van der Waals surface area contributed by atoms with Crippen molar-refractivity contribution in [1.29, 1.82) is 0 Å². The van der Waals surface area contributed by atoms with Crippen LogP contribution in [0.3, 0.4) is 0 Å². The number of benzene rings is 2. The summed E-state index contributed by atoms with van der Waals surface area (Å²) in [6, 6.07) is 8.50. The molecule has 0 aliphatic carbocycles. The Bertz CT molecular complexity index is 1420. The Morgan fingerprint density at radius 3 is 2.54 bits per heavy atom. The number of carbonyl (C=O) groups excluding carboxylic acids is 4. The summed E-state index contributed by atoms with van der Waals surface area (Å²) in [6.07, 6.45) is 0.583. The zero-order valence-electron chi connectivity index (χ0n) is 19.2. The lowest BCUT2D eigenvalue weighted by molar-refractivity contribution is -0.137. The highest BCUT2D eigenvalue weighted by Crippen LogP contribution is 2.39. The van der Waals surface area contributed by atoms with E-state index in [0.29, 0.717) is 16.8 Å². The predicted molar refractivity (Wildman–Crippen MR) is 126 cm³/mol. The van der Waals surface area contributed by atoms with Gasteiger partial charge in [-0.05, 0) is 42.3 Å². The summed E-state index contributed by atoms with van der Waals surface area (Å²) in [5.74, 6) is -1.42. The number of amides is 4.